The summed E-state index contributed by atoms with van der Waals surface area (Å²) in [7, 11) is 0. The van der Waals surface area contributed by atoms with Gasteiger partial charge in [0.25, 0.3) is 0 Å². The van der Waals surface area contributed by atoms with Crippen LogP contribution in [0.3, 0.4) is 0 Å². The number of hydrogen-bond acceptors (Lipinski definition) is 4. The lowest BCUT2D eigenvalue weighted by atomic mass is 10.1. The first-order valence-corrected chi connectivity index (χ1v) is 6.70. The van der Waals surface area contributed by atoms with Crippen LogP contribution >= 0.6 is 0 Å². The van der Waals surface area contributed by atoms with Crippen molar-refractivity contribution in [3.63, 3.8) is 0 Å². The molecule has 0 saturated carbocycles. The van der Waals surface area contributed by atoms with Crippen LogP contribution in [0, 0.1) is 0 Å². The fourth-order valence-corrected chi connectivity index (χ4v) is 2.03. The molecule has 2 heterocycles. The fourth-order valence-electron chi connectivity index (χ4n) is 2.03. The molecule has 4 nitrogen and oxygen atoms in total. The van der Waals surface area contributed by atoms with Gasteiger partial charge < -0.3 is 10.6 Å². The van der Waals surface area contributed by atoms with Gasteiger partial charge in [0.05, 0.1) is 0 Å². The van der Waals surface area contributed by atoms with Crippen molar-refractivity contribution in [2.24, 2.45) is 0 Å². The Labute approximate surface area is 109 Å². The number of rotatable bonds is 5. The molecule has 0 amide bonds. The van der Waals surface area contributed by atoms with Crippen LogP contribution in [0.15, 0.2) is 24.0 Å². The van der Waals surface area contributed by atoms with Gasteiger partial charge in [0.1, 0.15) is 12.1 Å². The van der Waals surface area contributed by atoms with E-state index in [1.807, 2.05) is 6.07 Å². The molecule has 1 aromatic heterocycles. The molecule has 0 atom stereocenters. The van der Waals surface area contributed by atoms with Gasteiger partial charge in [-0.05, 0) is 25.3 Å². The Morgan fingerprint density at radius 1 is 1.39 bits per heavy atom. The summed E-state index contributed by atoms with van der Waals surface area (Å²) in [6.07, 6.45) is 6.21. The average molecular weight is 246 g/mol. The topological polar surface area (TPSA) is 49.8 Å². The van der Waals surface area contributed by atoms with E-state index in [0.717, 1.165) is 37.6 Å². The van der Waals surface area contributed by atoms with Crippen LogP contribution in [-0.2, 0) is 0 Å². The zero-order valence-corrected chi connectivity index (χ0v) is 11.2. The molecule has 4 heteroatoms. The molecule has 0 aromatic carbocycles. The molecule has 0 unspecified atom stereocenters. The van der Waals surface area contributed by atoms with E-state index >= 15 is 0 Å². The highest BCUT2D eigenvalue weighted by molar-refractivity contribution is 5.35. The maximum atomic E-state index is 4.27. The molecular formula is C14H22N4. The monoisotopic (exact) mass is 246 g/mol. The summed E-state index contributed by atoms with van der Waals surface area (Å²) >= 11 is 0. The Kier molecular flexibility index (Phi) is 4.70. The van der Waals surface area contributed by atoms with Crippen molar-refractivity contribution in [1.29, 1.82) is 0 Å². The minimum atomic E-state index is 0.445. The summed E-state index contributed by atoms with van der Waals surface area (Å²) < 4.78 is 0. The van der Waals surface area contributed by atoms with Crippen LogP contribution in [0.25, 0.3) is 0 Å². The summed E-state index contributed by atoms with van der Waals surface area (Å²) in [6, 6.07) is 2.04. The third kappa shape index (κ3) is 3.81. The SMILES string of the molecule is CC(C)c1cc(NCCC2=CCNCC2)ncn1. The van der Waals surface area contributed by atoms with Crippen LogP contribution in [0.1, 0.15) is 38.3 Å². The Morgan fingerprint density at radius 2 is 2.28 bits per heavy atom. The van der Waals surface area contributed by atoms with Gasteiger partial charge in [0.15, 0.2) is 0 Å². The first-order valence-electron chi connectivity index (χ1n) is 6.70. The van der Waals surface area contributed by atoms with E-state index in [2.05, 4.69) is 40.5 Å². The lowest BCUT2D eigenvalue weighted by Crippen LogP contribution is -2.21. The van der Waals surface area contributed by atoms with Crippen molar-refractivity contribution < 1.29 is 0 Å². The van der Waals surface area contributed by atoms with Crippen molar-refractivity contribution >= 4 is 5.82 Å². The van der Waals surface area contributed by atoms with Crippen LogP contribution in [0.2, 0.25) is 0 Å². The van der Waals surface area contributed by atoms with E-state index in [1.165, 1.54) is 6.42 Å². The molecule has 0 spiro atoms. The van der Waals surface area contributed by atoms with Crippen LogP contribution in [0.4, 0.5) is 5.82 Å². The second-order valence-corrected chi connectivity index (χ2v) is 4.98. The second-order valence-electron chi connectivity index (χ2n) is 4.98. The lowest BCUT2D eigenvalue weighted by Gasteiger charge is -2.14. The first-order chi connectivity index (χ1) is 8.75. The van der Waals surface area contributed by atoms with Crippen molar-refractivity contribution in [2.75, 3.05) is 25.0 Å². The summed E-state index contributed by atoms with van der Waals surface area (Å²) in [5.74, 6) is 1.38. The molecule has 0 bridgehead atoms. The van der Waals surface area contributed by atoms with E-state index in [-0.39, 0.29) is 0 Å². The summed E-state index contributed by atoms with van der Waals surface area (Å²) in [5, 5.41) is 6.70. The Morgan fingerprint density at radius 3 is 3.00 bits per heavy atom. The van der Waals surface area contributed by atoms with Gasteiger partial charge in [0, 0.05) is 24.8 Å². The Bertz CT molecular complexity index is 412. The molecule has 1 aliphatic heterocycles. The van der Waals surface area contributed by atoms with Crippen molar-refractivity contribution in [3.05, 3.63) is 29.7 Å². The number of nitrogens with one attached hydrogen (secondary N) is 2. The highest BCUT2D eigenvalue weighted by Gasteiger charge is 2.04. The summed E-state index contributed by atoms with van der Waals surface area (Å²) in [4.78, 5) is 8.52. The molecule has 98 valence electrons. The minimum Gasteiger partial charge on any atom is -0.370 e. The van der Waals surface area contributed by atoms with E-state index in [0.29, 0.717) is 5.92 Å². The molecule has 0 fully saturated rings. The van der Waals surface area contributed by atoms with Crippen molar-refractivity contribution in [2.45, 2.75) is 32.6 Å². The van der Waals surface area contributed by atoms with Crippen LogP contribution in [0.5, 0.6) is 0 Å². The van der Waals surface area contributed by atoms with Gasteiger partial charge in [-0.2, -0.15) is 0 Å². The molecule has 18 heavy (non-hydrogen) atoms. The number of nitrogens with zero attached hydrogens (tertiary/aromatic N) is 2. The van der Waals surface area contributed by atoms with Crippen molar-refractivity contribution in [1.82, 2.24) is 15.3 Å². The number of anilines is 1. The van der Waals surface area contributed by atoms with Gasteiger partial charge >= 0.3 is 0 Å². The van der Waals surface area contributed by atoms with Gasteiger partial charge in [-0.15, -0.1) is 0 Å². The maximum absolute atomic E-state index is 4.27. The molecule has 1 aliphatic rings. The quantitative estimate of drug-likeness (QED) is 0.783. The van der Waals surface area contributed by atoms with E-state index in [9.17, 15) is 0 Å². The maximum Gasteiger partial charge on any atom is 0.129 e. The van der Waals surface area contributed by atoms with Gasteiger partial charge in [-0.1, -0.05) is 25.5 Å². The third-order valence-corrected chi connectivity index (χ3v) is 3.19. The average Bonchev–Trinajstić information content (AvgIpc) is 2.40. The third-order valence-electron chi connectivity index (χ3n) is 3.19. The largest absolute Gasteiger partial charge is 0.370 e. The first kappa shape index (κ1) is 13.0. The highest BCUT2D eigenvalue weighted by Crippen LogP contribution is 2.14. The number of hydrogen-bond donors (Lipinski definition) is 2. The Hall–Kier alpha value is -1.42. The molecule has 1 aromatic rings. The van der Waals surface area contributed by atoms with Crippen LogP contribution < -0.4 is 10.6 Å². The molecule has 2 N–H and O–H groups in total. The zero-order valence-electron chi connectivity index (χ0n) is 11.2. The van der Waals surface area contributed by atoms with E-state index < -0.39 is 0 Å². The standard InChI is InChI=1S/C14H22N4/c1-11(2)13-9-14(18-10-17-13)16-8-5-12-3-6-15-7-4-12/h3,9-11,15H,4-8H2,1-2H3,(H,16,17,18). The Balaban J connectivity index is 1.82. The zero-order chi connectivity index (χ0) is 12.8. The van der Waals surface area contributed by atoms with E-state index in [1.54, 1.807) is 11.9 Å². The minimum absolute atomic E-state index is 0.445. The summed E-state index contributed by atoms with van der Waals surface area (Å²) in [6.45, 7) is 7.36. The predicted molar refractivity (Wildman–Crippen MR) is 74.8 cm³/mol. The molecule has 0 radical (unpaired) electrons. The molecule has 0 aliphatic carbocycles. The van der Waals surface area contributed by atoms with Gasteiger partial charge in [-0.3, -0.25) is 0 Å². The molecular weight excluding hydrogens is 224 g/mol. The summed E-state index contributed by atoms with van der Waals surface area (Å²) in [5.41, 5.74) is 2.63. The molecule has 2 rings (SSSR count). The fraction of sp³-hybridized carbons (Fsp3) is 0.571. The van der Waals surface area contributed by atoms with Crippen molar-refractivity contribution in [3.8, 4) is 0 Å². The van der Waals surface area contributed by atoms with Gasteiger partial charge in [0.2, 0.25) is 0 Å². The molecule has 0 saturated heterocycles. The highest BCUT2D eigenvalue weighted by atomic mass is 15.0. The van der Waals surface area contributed by atoms with Crippen LogP contribution in [-0.4, -0.2) is 29.6 Å². The lowest BCUT2D eigenvalue weighted by molar-refractivity contribution is 0.683. The second kappa shape index (κ2) is 6.50. The number of aromatic nitrogens is 2. The predicted octanol–water partition coefficient (Wildman–Crippen LogP) is 2.32. The van der Waals surface area contributed by atoms with E-state index in [4.69, 9.17) is 0 Å². The normalized spacial score (nSPS) is 15.6. The smallest absolute Gasteiger partial charge is 0.129 e. The van der Waals surface area contributed by atoms with Gasteiger partial charge in [-0.25, -0.2) is 9.97 Å².